The van der Waals surface area contributed by atoms with Crippen molar-refractivity contribution in [2.45, 2.75) is 125 Å². The topological polar surface area (TPSA) is 77.8 Å². The molecule has 5 aliphatic rings. The maximum atomic E-state index is 12.4. The summed E-state index contributed by atoms with van der Waals surface area (Å²) >= 11 is 0. The maximum Gasteiger partial charge on any atom is 0.309 e. The van der Waals surface area contributed by atoms with Crippen molar-refractivity contribution in [1.82, 2.24) is 0 Å². The first-order valence-electron chi connectivity index (χ1n) is 14.9. The largest absolute Gasteiger partial charge is 0.481 e. The summed E-state index contributed by atoms with van der Waals surface area (Å²) in [6, 6.07) is 0. The van der Waals surface area contributed by atoms with E-state index in [1.807, 2.05) is 20.8 Å². The Labute approximate surface area is 222 Å². The van der Waals surface area contributed by atoms with E-state index in [-0.39, 0.29) is 11.5 Å². The van der Waals surface area contributed by atoms with Gasteiger partial charge in [-0.1, -0.05) is 54.0 Å². The van der Waals surface area contributed by atoms with Gasteiger partial charge in [0.1, 0.15) is 0 Å². The van der Waals surface area contributed by atoms with Gasteiger partial charge in [0.15, 0.2) is 0 Å². The molecule has 3 N–H and O–H groups in total. The highest BCUT2D eigenvalue weighted by Gasteiger charge is 2.69. The molecule has 0 spiro atoms. The molecule has 0 aromatic carbocycles. The Kier molecular flexibility index (Phi) is 10.4. The van der Waals surface area contributed by atoms with Crippen molar-refractivity contribution in [3.63, 3.8) is 0 Å². The Morgan fingerprint density at radius 2 is 1.44 bits per heavy atom. The molecule has 4 nitrogen and oxygen atoms in total. The van der Waals surface area contributed by atoms with E-state index in [0.29, 0.717) is 34.5 Å². The Hall–Kier alpha value is -0.870. The Balaban J connectivity index is 0.000000596. The zero-order valence-electron chi connectivity index (χ0n) is 24.8. The minimum atomic E-state index is -0.500. The zero-order chi connectivity index (χ0) is 27.5. The van der Waals surface area contributed by atoms with Gasteiger partial charge in [-0.15, -0.1) is 6.58 Å². The lowest BCUT2D eigenvalue weighted by Crippen LogP contribution is -2.65. The van der Waals surface area contributed by atoms with Crippen LogP contribution in [-0.2, 0) is 4.79 Å². The molecule has 0 aromatic heterocycles. The molecule has 5 saturated carbocycles. The van der Waals surface area contributed by atoms with Gasteiger partial charge in [-0.2, -0.15) is 0 Å². The fourth-order valence-corrected chi connectivity index (χ4v) is 10.5. The van der Waals surface area contributed by atoms with E-state index in [0.717, 1.165) is 51.6 Å². The highest BCUT2D eigenvalue weighted by Crippen LogP contribution is 2.75. The minimum absolute atomic E-state index is 0.117. The molecule has 0 amide bonds. The van der Waals surface area contributed by atoms with Gasteiger partial charge in [0, 0.05) is 7.11 Å². The standard InChI is InChI=1S/C26H42O3.C3H6.C2H6.CH4O/c1-16-17-9-13-25(4)21(23(17,2)12-10-20(16)27)8-7-18-19-6-5-11-26(19,22(28)29)15-14-24(18,25)3;1-3-2;2*1-2/h16-21,27H,5-15H2,1-4H3,(H,28,29);3H,1H2,2H3;1-2H3;2H,1H3/t16?,17?,18?,19?,20?,21?,23?,24-,25?,26?;;;/m1.../s1. The van der Waals surface area contributed by atoms with E-state index in [1.165, 1.54) is 32.1 Å². The number of rotatable bonds is 1. The second-order valence-electron chi connectivity index (χ2n) is 13.1. The summed E-state index contributed by atoms with van der Waals surface area (Å²) < 4.78 is 0. The van der Waals surface area contributed by atoms with Crippen LogP contribution in [0.4, 0.5) is 0 Å². The average molecular weight is 507 g/mol. The van der Waals surface area contributed by atoms with Crippen LogP contribution in [0.3, 0.4) is 0 Å². The quantitative estimate of drug-likeness (QED) is 0.318. The van der Waals surface area contributed by atoms with Crippen molar-refractivity contribution in [2.24, 2.45) is 51.2 Å². The van der Waals surface area contributed by atoms with Gasteiger partial charge in [-0.05, 0) is 117 Å². The normalized spacial score (nSPS) is 48.4. The Morgan fingerprint density at radius 1 is 0.833 bits per heavy atom. The molecule has 5 rings (SSSR count). The molecular weight excluding hydrogens is 448 g/mol. The van der Waals surface area contributed by atoms with Crippen molar-refractivity contribution in [2.75, 3.05) is 7.11 Å². The lowest BCUT2D eigenvalue weighted by molar-refractivity contribution is -0.234. The molecule has 5 aliphatic carbocycles. The van der Waals surface area contributed by atoms with Crippen LogP contribution in [0.5, 0.6) is 0 Å². The van der Waals surface area contributed by atoms with E-state index in [4.69, 9.17) is 5.11 Å². The molecule has 0 heterocycles. The Bertz CT molecular complexity index is 750. The molecule has 5 fully saturated rings. The molecule has 0 saturated heterocycles. The average Bonchev–Trinajstić information content (AvgIpc) is 3.31. The fraction of sp³-hybridized carbons (Fsp3) is 0.906. The van der Waals surface area contributed by atoms with Crippen molar-refractivity contribution < 1.29 is 20.1 Å². The van der Waals surface area contributed by atoms with Gasteiger partial charge in [0.25, 0.3) is 0 Å². The van der Waals surface area contributed by atoms with Crippen LogP contribution in [0.25, 0.3) is 0 Å². The number of aliphatic hydroxyl groups is 2. The number of carboxylic acids is 1. The van der Waals surface area contributed by atoms with Crippen molar-refractivity contribution >= 4 is 5.97 Å². The summed E-state index contributed by atoms with van der Waals surface area (Å²) in [6.45, 7) is 19.3. The molecule has 36 heavy (non-hydrogen) atoms. The monoisotopic (exact) mass is 506 g/mol. The number of carboxylic acid groups (broad SMARTS) is 1. The van der Waals surface area contributed by atoms with Gasteiger partial charge in [-0.25, -0.2) is 0 Å². The highest BCUT2D eigenvalue weighted by molar-refractivity contribution is 5.76. The molecule has 0 bridgehead atoms. The first-order valence-corrected chi connectivity index (χ1v) is 14.9. The second-order valence-corrected chi connectivity index (χ2v) is 13.1. The first-order chi connectivity index (χ1) is 17.0. The predicted octanol–water partition coefficient (Wildman–Crippen LogP) is 7.72. The van der Waals surface area contributed by atoms with E-state index >= 15 is 0 Å². The fourth-order valence-electron chi connectivity index (χ4n) is 10.5. The number of carbonyl (C=O) groups is 1. The molecule has 0 radical (unpaired) electrons. The van der Waals surface area contributed by atoms with Crippen LogP contribution in [-0.4, -0.2) is 34.5 Å². The number of allylic oxidation sites excluding steroid dienone is 1. The summed E-state index contributed by atoms with van der Waals surface area (Å²) in [5.74, 6) is 2.28. The smallest absolute Gasteiger partial charge is 0.309 e. The predicted molar refractivity (Wildman–Crippen MR) is 150 cm³/mol. The summed E-state index contributed by atoms with van der Waals surface area (Å²) in [4.78, 5) is 12.4. The number of aliphatic hydroxyl groups excluding tert-OH is 2. The lowest BCUT2D eigenvalue weighted by atomic mass is 9.33. The molecule has 4 heteroatoms. The third kappa shape index (κ3) is 4.51. The van der Waals surface area contributed by atoms with Crippen LogP contribution < -0.4 is 0 Å². The van der Waals surface area contributed by atoms with Crippen LogP contribution in [0.15, 0.2) is 12.7 Å². The molecular formula is C32H58O4. The summed E-state index contributed by atoms with van der Waals surface area (Å²) in [5, 5.41) is 27.8. The highest BCUT2D eigenvalue weighted by atomic mass is 16.4. The molecule has 9 unspecified atom stereocenters. The molecule has 0 aromatic rings. The minimum Gasteiger partial charge on any atom is -0.481 e. The third-order valence-electron chi connectivity index (χ3n) is 12.3. The third-order valence-corrected chi connectivity index (χ3v) is 12.3. The van der Waals surface area contributed by atoms with Crippen molar-refractivity contribution in [3.8, 4) is 0 Å². The lowest BCUT2D eigenvalue weighted by Gasteiger charge is -2.71. The number of hydrogen-bond donors (Lipinski definition) is 3. The van der Waals surface area contributed by atoms with Gasteiger partial charge in [0.05, 0.1) is 11.5 Å². The van der Waals surface area contributed by atoms with E-state index in [1.54, 1.807) is 6.08 Å². The van der Waals surface area contributed by atoms with Crippen LogP contribution in [0.1, 0.15) is 119 Å². The van der Waals surface area contributed by atoms with E-state index in [9.17, 15) is 15.0 Å². The summed E-state index contributed by atoms with van der Waals surface area (Å²) in [6.07, 6.45) is 14.0. The summed E-state index contributed by atoms with van der Waals surface area (Å²) in [5.41, 5.74) is 0.516. The number of aliphatic carboxylic acids is 1. The van der Waals surface area contributed by atoms with Gasteiger partial charge < -0.3 is 15.3 Å². The molecule has 0 aliphatic heterocycles. The second kappa shape index (κ2) is 11.9. The SMILES string of the molecule is C=CC.CC.CC1C(O)CCC2(C)C1CCC1(C)C2CCC2C3CCCC3(C(=O)O)CC[C@]21C.CO. The van der Waals surface area contributed by atoms with E-state index in [2.05, 4.69) is 34.3 Å². The van der Waals surface area contributed by atoms with Crippen LogP contribution in [0, 0.1) is 51.2 Å². The van der Waals surface area contributed by atoms with Crippen LogP contribution in [0.2, 0.25) is 0 Å². The van der Waals surface area contributed by atoms with E-state index < -0.39 is 11.4 Å². The zero-order valence-corrected chi connectivity index (χ0v) is 24.8. The van der Waals surface area contributed by atoms with Crippen molar-refractivity contribution in [1.29, 1.82) is 0 Å². The van der Waals surface area contributed by atoms with Crippen molar-refractivity contribution in [3.05, 3.63) is 12.7 Å². The Morgan fingerprint density at radius 3 is 2.03 bits per heavy atom. The number of hydrogen-bond acceptors (Lipinski definition) is 3. The number of fused-ring (bicyclic) bond motifs is 7. The molecule has 10 atom stereocenters. The summed E-state index contributed by atoms with van der Waals surface area (Å²) in [7, 11) is 1.00. The van der Waals surface area contributed by atoms with Gasteiger partial charge >= 0.3 is 5.97 Å². The van der Waals surface area contributed by atoms with Crippen LogP contribution >= 0.6 is 0 Å². The first kappa shape index (κ1) is 31.3. The van der Waals surface area contributed by atoms with Gasteiger partial charge in [-0.3, -0.25) is 4.79 Å². The molecule has 210 valence electrons. The maximum absolute atomic E-state index is 12.4. The van der Waals surface area contributed by atoms with Gasteiger partial charge in [0.2, 0.25) is 0 Å².